The number of unbranched alkanes of at least 4 members (excludes halogenated alkanes) is 1. The molecule has 0 saturated carbocycles. The molecule has 0 aliphatic carbocycles. The molecule has 1 fully saturated rings. The van der Waals surface area contributed by atoms with Gasteiger partial charge >= 0.3 is 5.97 Å². The van der Waals surface area contributed by atoms with Crippen molar-refractivity contribution in [2.45, 2.75) is 51.3 Å². The number of carboxylic acid groups (broad SMARTS) is 1. The second kappa shape index (κ2) is 10.2. The van der Waals surface area contributed by atoms with Crippen molar-refractivity contribution in [3.8, 4) is 0 Å². The summed E-state index contributed by atoms with van der Waals surface area (Å²) in [4.78, 5) is 39.5. The highest BCUT2D eigenvalue weighted by Gasteiger charge is 2.37. The maximum Gasteiger partial charge on any atom is 0.307 e. The molecule has 8 heteroatoms. The predicted octanol–water partition coefficient (Wildman–Crippen LogP) is 2.04. The summed E-state index contributed by atoms with van der Waals surface area (Å²) in [5, 5.41) is 9.29. The van der Waals surface area contributed by atoms with E-state index in [2.05, 4.69) is 0 Å². The Bertz CT molecular complexity index is 694. The van der Waals surface area contributed by atoms with Crippen molar-refractivity contribution < 1.29 is 28.6 Å². The molecule has 1 aliphatic rings. The maximum atomic E-state index is 13.1. The van der Waals surface area contributed by atoms with Crippen LogP contribution in [-0.2, 0) is 25.5 Å². The number of hydrogen-bond acceptors (Lipinski definition) is 4. The third-order valence-electron chi connectivity index (χ3n) is 4.85. The van der Waals surface area contributed by atoms with E-state index in [1.54, 1.807) is 12.1 Å². The van der Waals surface area contributed by atoms with E-state index in [-0.39, 0.29) is 43.6 Å². The van der Waals surface area contributed by atoms with E-state index in [9.17, 15) is 23.9 Å². The lowest BCUT2D eigenvalue weighted by Crippen LogP contribution is -2.59. The first kappa shape index (κ1) is 21.8. The summed E-state index contributed by atoms with van der Waals surface area (Å²) < 4.78 is 18.7. The van der Waals surface area contributed by atoms with E-state index in [0.29, 0.717) is 12.8 Å². The van der Waals surface area contributed by atoms with Gasteiger partial charge < -0.3 is 19.6 Å². The predicted molar refractivity (Wildman–Crippen MR) is 99.9 cm³/mol. The Morgan fingerprint density at radius 1 is 1.36 bits per heavy atom. The van der Waals surface area contributed by atoms with E-state index in [4.69, 9.17) is 4.74 Å². The molecular weight excluding hydrogens is 367 g/mol. The molecule has 0 radical (unpaired) electrons. The molecule has 1 N–H and O–H groups in total. The largest absolute Gasteiger partial charge is 0.481 e. The monoisotopic (exact) mass is 394 g/mol. The average molecular weight is 394 g/mol. The van der Waals surface area contributed by atoms with E-state index < -0.39 is 18.2 Å². The smallest absolute Gasteiger partial charge is 0.307 e. The molecule has 0 bridgehead atoms. The van der Waals surface area contributed by atoms with Crippen molar-refractivity contribution in [1.29, 1.82) is 0 Å². The highest BCUT2D eigenvalue weighted by molar-refractivity contribution is 5.84. The van der Waals surface area contributed by atoms with Gasteiger partial charge in [-0.15, -0.1) is 0 Å². The molecule has 2 rings (SSSR count). The number of nitrogens with zero attached hydrogens (tertiary/aromatic N) is 2. The molecule has 1 aromatic rings. The molecule has 1 saturated heterocycles. The first-order chi connectivity index (χ1) is 13.3. The van der Waals surface area contributed by atoms with Crippen LogP contribution in [0.2, 0.25) is 0 Å². The van der Waals surface area contributed by atoms with E-state index in [1.807, 2.05) is 6.92 Å². The Labute approximate surface area is 164 Å². The van der Waals surface area contributed by atoms with Crippen molar-refractivity contribution in [1.82, 2.24) is 9.80 Å². The number of ether oxygens (including phenoxy) is 1. The number of rotatable bonds is 9. The molecule has 7 nitrogen and oxygen atoms in total. The number of halogens is 1. The summed E-state index contributed by atoms with van der Waals surface area (Å²) in [7, 11) is 1.53. The molecular formula is C20H27FN2O5. The summed E-state index contributed by atoms with van der Waals surface area (Å²) in [6.45, 7) is 2.42. The SMILES string of the molecule is CCCCC(=O)N(C)C(CC(=O)O)N1CCOC(Cc2ccc(F)cc2)C1=O. The van der Waals surface area contributed by atoms with E-state index >= 15 is 0 Å². The molecule has 1 aromatic carbocycles. The Kier molecular flexibility index (Phi) is 7.92. The average Bonchev–Trinajstić information content (AvgIpc) is 2.67. The summed E-state index contributed by atoms with van der Waals surface area (Å²) in [6, 6.07) is 5.79. The minimum Gasteiger partial charge on any atom is -0.481 e. The first-order valence-electron chi connectivity index (χ1n) is 9.47. The topological polar surface area (TPSA) is 87.2 Å². The van der Waals surface area contributed by atoms with Gasteiger partial charge in [0.2, 0.25) is 5.91 Å². The third kappa shape index (κ3) is 5.76. The Morgan fingerprint density at radius 2 is 2.04 bits per heavy atom. The van der Waals surface area contributed by atoms with E-state index in [1.165, 1.54) is 29.0 Å². The van der Waals surface area contributed by atoms with Gasteiger partial charge in [0.25, 0.3) is 5.91 Å². The summed E-state index contributed by atoms with van der Waals surface area (Å²) in [5.74, 6) is -2.01. The zero-order chi connectivity index (χ0) is 20.7. The number of carboxylic acids is 1. The fourth-order valence-corrected chi connectivity index (χ4v) is 3.22. The van der Waals surface area contributed by atoms with Crippen LogP contribution in [0.25, 0.3) is 0 Å². The molecule has 0 spiro atoms. The summed E-state index contributed by atoms with van der Waals surface area (Å²) in [5.41, 5.74) is 0.740. The molecule has 2 unspecified atom stereocenters. The normalized spacial score (nSPS) is 18.0. The van der Waals surface area contributed by atoms with Crippen molar-refractivity contribution >= 4 is 17.8 Å². The van der Waals surface area contributed by atoms with Crippen LogP contribution in [0.1, 0.15) is 38.2 Å². The van der Waals surface area contributed by atoms with Crippen LogP contribution in [0.3, 0.4) is 0 Å². The quantitative estimate of drug-likeness (QED) is 0.693. The van der Waals surface area contributed by atoms with Gasteiger partial charge in [0.1, 0.15) is 18.1 Å². The lowest BCUT2D eigenvalue weighted by Gasteiger charge is -2.41. The van der Waals surface area contributed by atoms with Gasteiger partial charge in [0.15, 0.2) is 0 Å². The fourth-order valence-electron chi connectivity index (χ4n) is 3.22. The molecule has 154 valence electrons. The second-order valence-electron chi connectivity index (χ2n) is 6.91. The summed E-state index contributed by atoms with van der Waals surface area (Å²) in [6.07, 6.45) is 0.0862. The highest BCUT2D eigenvalue weighted by atomic mass is 19.1. The lowest BCUT2D eigenvalue weighted by molar-refractivity contribution is -0.166. The molecule has 2 atom stereocenters. The van der Waals surface area contributed by atoms with Gasteiger partial charge in [-0.3, -0.25) is 14.4 Å². The van der Waals surface area contributed by atoms with E-state index in [0.717, 1.165) is 12.0 Å². The third-order valence-corrected chi connectivity index (χ3v) is 4.85. The van der Waals surface area contributed by atoms with Crippen molar-refractivity contribution in [3.63, 3.8) is 0 Å². The van der Waals surface area contributed by atoms with Crippen molar-refractivity contribution in [2.75, 3.05) is 20.2 Å². The Balaban J connectivity index is 2.14. The number of amides is 2. The number of carbonyl (C=O) groups is 3. The zero-order valence-electron chi connectivity index (χ0n) is 16.3. The minimum atomic E-state index is -1.09. The Hall–Kier alpha value is -2.48. The zero-order valence-corrected chi connectivity index (χ0v) is 16.3. The molecule has 0 aromatic heterocycles. The summed E-state index contributed by atoms with van der Waals surface area (Å²) >= 11 is 0. The molecule has 2 amide bonds. The van der Waals surface area contributed by atoms with Gasteiger partial charge in [0, 0.05) is 26.4 Å². The number of carbonyl (C=O) groups excluding carboxylic acids is 2. The van der Waals surface area contributed by atoms with Gasteiger partial charge in [-0.05, 0) is 24.1 Å². The molecule has 28 heavy (non-hydrogen) atoms. The minimum absolute atomic E-state index is 0.192. The van der Waals surface area contributed by atoms with Crippen LogP contribution in [0, 0.1) is 5.82 Å². The standard InChI is InChI=1S/C20H27FN2O5/c1-3-4-5-18(24)22(2)17(13-19(25)26)23-10-11-28-16(20(23)27)12-14-6-8-15(21)9-7-14/h6-9,16-17H,3-5,10-13H2,1-2H3,(H,25,26). The van der Waals surface area contributed by atoms with Gasteiger partial charge in [0.05, 0.1) is 13.0 Å². The van der Waals surface area contributed by atoms with Crippen LogP contribution >= 0.6 is 0 Å². The van der Waals surface area contributed by atoms with Crippen LogP contribution in [0.5, 0.6) is 0 Å². The maximum absolute atomic E-state index is 13.1. The van der Waals surface area contributed by atoms with Crippen LogP contribution < -0.4 is 0 Å². The van der Waals surface area contributed by atoms with Gasteiger partial charge in [-0.2, -0.15) is 0 Å². The van der Waals surface area contributed by atoms with Crippen LogP contribution in [-0.4, -0.2) is 65.2 Å². The number of morpholine rings is 1. The van der Waals surface area contributed by atoms with Crippen molar-refractivity contribution in [2.24, 2.45) is 0 Å². The Morgan fingerprint density at radius 3 is 2.64 bits per heavy atom. The number of hydrogen-bond donors (Lipinski definition) is 1. The first-order valence-corrected chi connectivity index (χ1v) is 9.47. The van der Waals surface area contributed by atoms with Crippen molar-refractivity contribution in [3.05, 3.63) is 35.6 Å². The molecule has 1 heterocycles. The molecule has 1 aliphatic heterocycles. The van der Waals surface area contributed by atoms with Gasteiger partial charge in [-0.25, -0.2) is 4.39 Å². The lowest BCUT2D eigenvalue weighted by atomic mass is 10.0. The van der Waals surface area contributed by atoms with Crippen LogP contribution in [0.15, 0.2) is 24.3 Å². The number of benzene rings is 1. The van der Waals surface area contributed by atoms with Gasteiger partial charge in [-0.1, -0.05) is 25.5 Å². The fraction of sp³-hybridized carbons (Fsp3) is 0.550. The van der Waals surface area contributed by atoms with Crippen LogP contribution in [0.4, 0.5) is 4.39 Å². The highest BCUT2D eigenvalue weighted by Crippen LogP contribution is 2.20. The number of aliphatic carboxylic acids is 1. The second-order valence-corrected chi connectivity index (χ2v) is 6.91.